The van der Waals surface area contributed by atoms with Crippen molar-refractivity contribution in [2.75, 3.05) is 25.0 Å². The van der Waals surface area contributed by atoms with Crippen molar-refractivity contribution >= 4 is 34.0 Å². The molecule has 0 saturated heterocycles. The monoisotopic (exact) mass is 620 g/mol. The largest absolute Gasteiger partial charge is 0.402 e. The van der Waals surface area contributed by atoms with Crippen molar-refractivity contribution in [1.29, 1.82) is 0 Å². The van der Waals surface area contributed by atoms with Gasteiger partial charge in [0.1, 0.15) is 0 Å². The van der Waals surface area contributed by atoms with E-state index >= 15 is 0 Å². The average Bonchev–Trinajstić information content (AvgIpc) is 3.73. The summed E-state index contributed by atoms with van der Waals surface area (Å²) < 4.78 is 0. The quantitative estimate of drug-likeness (QED) is 0.138. The van der Waals surface area contributed by atoms with Gasteiger partial charge in [0, 0.05) is 58.7 Å². The van der Waals surface area contributed by atoms with Crippen LogP contribution in [0.25, 0.3) is 27.6 Å². The molecular weight excluding hydrogens is 572 g/mol. The summed E-state index contributed by atoms with van der Waals surface area (Å²) in [5, 5.41) is 15.1. The molecule has 1 heterocycles. The van der Waals surface area contributed by atoms with Crippen LogP contribution in [0.3, 0.4) is 0 Å². The number of amides is 2. The van der Waals surface area contributed by atoms with Crippen LogP contribution in [0.4, 0.5) is 5.69 Å². The molecule has 3 atom stereocenters. The Morgan fingerprint density at radius 2 is 1.52 bits per heavy atom. The number of benzene rings is 3. The number of fused-ring (bicyclic) bond motifs is 1. The van der Waals surface area contributed by atoms with E-state index in [1.54, 1.807) is 0 Å². The van der Waals surface area contributed by atoms with Crippen LogP contribution in [0.15, 0.2) is 65.4 Å². The number of hydrogen-bond acceptors (Lipinski definition) is 6. The van der Waals surface area contributed by atoms with Crippen molar-refractivity contribution in [3.63, 3.8) is 0 Å². The summed E-state index contributed by atoms with van der Waals surface area (Å²) in [6.45, 7) is 7.65. The molecule has 3 aromatic rings. The second-order valence-electron chi connectivity index (χ2n) is 13.4. The third-order valence-corrected chi connectivity index (χ3v) is 10.5. The second kappa shape index (κ2) is 13.3. The predicted molar refractivity (Wildman–Crippen MR) is 187 cm³/mol. The van der Waals surface area contributed by atoms with Gasteiger partial charge in [-0.15, -0.1) is 0 Å². The Morgan fingerprint density at radius 3 is 2.17 bits per heavy atom. The lowest BCUT2D eigenvalue weighted by molar-refractivity contribution is 0.0608. The molecule has 3 aromatic carbocycles. The summed E-state index contributed by atoms with van der Waals surface area (Å²) in [7, 11) is 0. The third-order valence-electron chi connectivity index (χ3n) is 10.5. The van der Waals surface area contributed by atoms with E-state index in [1.807, 2.05) is 37.3 Å². The van der Waals surface area contributed by atoms with E-state index in [-0.39, 0.29) is 18.4 Å². The molecule has 2 unspecified atom stereocenters. The van der Waals surface area contributed by atoms with E-state index in [1.165, 1.54) is 4.90 Å². The summed E-state index contributed by atoms with van der Waals surface area (Å²) in [6.07, 6.45) is 7.48. The zero-order valence-corrected chi connectivity index (χ0v) is 27.5. The number of hydrogen-bond donors (Lipinski definition) is 4. The highest BCUT2D eigenvalue weighted by Crippen LogP contribution is 2.55. The van der Waals surface area contributed by atoms with E-state index in [4.69, 9.17) is 11.5 Å². The van der Waals surface area contributed by atoms with Gasteiger partial charge in [-0.25, -0.2) is 0 Å². The fraction of sp³-hybridized carbons (Fsp3) is 0.436. The van der Waals surface area contributed by atoms with E-state index in [0.717, 1.165) is 114 Å². The minimum absolute atomic E-state index is 0.224. The maximum atomic E-state index is 13.7. The lowest BCUT2D eigenvalue weighted by atomic mass is 9.86. The highest BCUT2D eigenvalue weighted by Gasteiger charge is 2.49. The van der Waals surface area contributed by atoms with Gasteiger partial charge in [0.05, 0.1) is 0 Å². The molecule has 2 fully saturated rings. The van der Waals surface area contributed by atoms with Gasteiger partial charge in [-0.2, -0.15) is 0 Å². The maximum absolute atomic E-state index is 13.7. The van der Waals surface area contributed by atoms with Crippen LogP contribution in [-0.4, -0.2) is 41.5 Å². The highest BCUT2D eigenvalue weighted by atomic mass is 16.3. The van der Waals surface area contributed by atoms with Gasteiger partial charge < -0.3 is 21.9 Å². The number of imide groups is 1. The third kappa shape index (κ3) is 5.70. The molecule has 7 nitrogen and oxygen atoms in total. The Kier molecular flexibility index (Phi) is 9.23. The summed E-state index contributed by atoms with van der Waals surface area (Å²) in [6, 6.07) is 16.1. The number of nitrogens with two attached hydrogens (primary N) is 2. The number of nitrogens with zero attached hydrogens (tertiary/aromatic N) is 1. The highest BCUT2D eigenvalue weighted by molar-refractivity contribution is 6.28. The van der Waals surface area contributed by atoms with E-state index in [0.29, 0.717) is 35.4 Å². The number of carbonyl (C=O) groups is 2. The van der Waals surface area contributed by atoms with Crippen LogP contribution in [0, 0.1) is 17.8 Å². The molecule has 0 aromatic heterocycles. The van der Waals surface area contributed by atoms with Gasteiger partial charge in [0.2, 0.25) is 0 Å². The molecule has 2 saturated carbocycles. The molecular formula is C39H48N4O3. The SMILES string of the molecule is CCCCNc1ccc2c3c(ccc(-c4cccc(/C(N)=C5\CCC6C(CC\C5=C(/C)N)[C@@H]6CO)c4)c13)C(=O)N(CCCC)C2=O. The van der Waals surface area contributed by atoms with Crippen molar-refractivity contribution in [3.8, 4) is 11.1 Å². The fourth-order valence-corrected chi connectivity index (χ4v) is 7.88. The number of rotatable bonds is 10. The Labute approximate surface area is 272 Å². The Hall–Kier alpha value is -4.10. The normalized spacial score (nSPS) is 23.1. The first kappa shape index (κ1) is 31.9. The number of nitrogens with one attached hydrogen (secondary N) is 1. The molecule has 46 heavy (non-hydrogen) atoms. The van der Waals surface area contributed by atoms with Crippen LogP contribution in [0.2, 0.25) is 0 Å². The Bertz CT molecular complexity index is 1710. The summed E-state index contributed by atoms with van der Waals surface area (Å²) in [5.41, 5.74) is 22.2. The number of aliphatic hydroxyl groups is 1. The maximum Gasteiger partial charge on any atom is 0.261 e. The second-order valence-corrected chi connectivity index (χ2v) is 13.4. The first-order valence-corrected chi connectivity index (χ1v) is 17.2. The number of anilines is 1. The molecule has 6 N–H and O–H groups in total. The van der Waals surface area contributed by atoms with Crippen molar-refractivity contribution in [1.82, 2.24) is 4.90 Å². The molecule has 6 rings (SSSR count). The van der Waals surface area contributed by atoms with Gasteiger partial charge in [-0.1, -0.05) is 51.0 Å². The smallest absolute Gasteiger partial charge is 0.261 e. The minimum atomic E-state index is -0.224. The Morgan fingerprint density at radius 1 is 0.870 bits per heavy atom. The molecule has 242 valence electrons. The lowest BCUT2D eigenvalue weighted by Gasteiger charge is -2.29. The van der Waals surface area contributed by atoms with Crippen LogP contribution in [0.1, 0.15) is 98.4 Å². The topological polar surface area (TPSA) is 122 Å². The standard InChI is InChI=1S/C39H48N4O3/c1-4-6-19-42-34-18-17-32-35-31(38(45)43(39(32)46)20-7-5-2)16-12-27(36(34)35)24-9-8-10-25(21-24)37(41)30-15-14-29-28(33(29)22-44)13-11-26(30)23(3)40/h8-10,12,16-18,21,28-29,33,42,44H,4-7,11,13-15,19-20,22,40-41H2,1-3H3/b26-23-,37-30-/t28?,29?,33-/m0/s1. The van der Waals surface area contributed by atoms with E-state index in [9.17, 15) is 14.7 Å². The van der Waals surface area contributed by atoms with Crippen LogP contribution < -0.4 is 16.8 Å². The fourth-order valence-electron chi connectivity index (χ4n) is 7.88. The predicted octanol–water partition coefficient (Wildman–Crippen LogP) is 7.45. The van der Waals surface area contributed by atoms with E-state index in [2.05, 4.69) is 37.4 Å². The van der Waals surface area contributed by atoms with Crippen molar-refractivity contribution in [2.45, 2.75) is 72.1 Å². The van der Waals surface area contributed by atoms with E-state index < -0.39 is 0 Å². The minimum Gasteiger partial charge on any atom is -0.402 e. The number of carbonyl (C=O) groups excluding carboxylic acids is 2. The first-order valence-electron chi connectivity index (χ1n) is 17.2. The average molecular weight is 621 g/mol. The molecule has 0 spiro atoms. The van der Waals surface area contributed by atoms with Gasteiger partial charge in [0.25, 0.3) is 11.8 Å². The van der Waals surface area contributed by atoms with Gasteiger partial charge in [-0.05, 0) is 115 Å². The molecule has 0 radical (unpaired) electrons. The summed E-state index contributed by atoms with van der Waals surface area (Å²) in [4.78, 5) is 28.8. The molecule has 1 aliphatic heterocycles. The van der Waals surface area contributed by atoms with Crippen LogP contribution >= 0.6 is 0 Å². The van der Waals surface area contributed by atoms with Gasteiger partial charge in [-0.3, -0.25) is 14.5 Å². The van der Waals surface area contributed by atoms with Crippen molar-refractivity contribution in [3.05, 3.63) is 82.1 Å². The molecule has 2 amide bonds. The Balaban J connectivity index is 1.47. The number of allylic oxidation sites excluding steroid dienone is 3. The van der Waals surface area contributed by atoms with Crippen LogP contribution in [0.5, 0.6) is 0 Å². The number of unbranched alkanes of at least 4 members (excludes halogenated alkanes) is 2. The van der Waals surface area contributed by atoms with Crippen LogP contribution in [-0.2, 0) is 0 Å². The lowest BCUT2D eigenvalue weighted by Crippen LogP contribution is -2.40. The molecule has 7 heteroatoms. The zero-order chi connectivity index (χ0) is 32.5. The summed E-state index contributed by atoms with van der Waals surface area (Å²) in [5.74, 6) is 1.08. The summed E-state index contributed by atoms with van der Waals surface area (Å²) >= 11 is 0. The number of aliphatic hydroxyl groups excluding tert-OH is 1. The first-order chi connectivity index (χ1) is 22.3. The van der Waals surface area contributed by atoms with Gasteiger partial charge >= 0.3 is 0 Å². The zero-order valence-electron chi connectivity index (χ0n) is 27.5. The molecule has 0 bridgehead atoms. The van der Waals surface area contributed by atoms with Crippen molar-refractivity contribution in [2.24, 2.45) is 29.2 Å². The molecule has 2 aliphatic carbocycles. The molecule has 3 aliphatic rings. The van der Waals surface area contributed by atoms with Crippen molar-refractivity contribution < 1.29 is 14.7 Å². The van der Waals surface area contributed by atoms with Gasteiger partial charge in [0.15, 0.2) is 0 Å².